The van der Waals surface area contributed by atoms with Crippen LogP contribution in [0.2, 0.25) is 0 Å². The van der Waals surface area contributed by atoms with Crippen molar-refractivity contribution in [3.63, 3.8) is 0 Å². The van der Waals surface area contributed by atoms with E-state index in [2.05, 4.69) is 5.32 Å². The maximum atomic E-state index is 12.3. The number of nitrogens with one attached hydrogen (secondary N) is 1. The molecule has 0 aromatic carbocycles. The molecule has 2 aliphatic carbocycles. The monoisotopic (exact) mass is 295 g/mol. The van der Waals surface area contributed by atoms with Gasteiger partial charge in [-0.2, -0.15) is 0 Å². The van der Waals surface area contributed by atoms with Gasteiger partial charge in [-0.3, -0.25) is 9.59 Å². The van der Waals surface area contributed by atoms with Gasteiger partial charge < -0.3 is 15.2 Å². The summed E-state index contributed by atoms with van der Waals surface area (Å²) in [6, 6.07) is 0.155. The Kier molecular flexibility index (Phi) is 4.20. The zero-order chi connectivity index (χ0) is 14.9. The van der Waals surface area contributed by atoms with Crippen LogP contribution in [0.4, 0.5) is 0 Å². The number of rotatable bonds is 3. The Morgan fingerprint density at radius 1 is 1.00 bits per heavy atom. The van der Waals surface area contributed by atoms with E-state index in [1.807, 2.05) is 0 Å². The van der Waals surface area contributed by atoms with E-state index < -0.39 is 5.97 Å². The lowest BCUT2D eigenvalue weighted by Gasteiger charge is -2.50. The van der Waals surface area contributed by atoms with Gasteiger partial charge in [-0.15, -0.1) is 0 Å². The molecule has 1 unspecified atom stereocenters. The Hall–Kier alpha value is -1.10. The molecular weight excluding hydrogens is 270 g/mol. The van der Waals surface area contributed by atoms with E-state index in [1.165, 1.54) is 6.42 Å². The molecule has 0 radical (unpaired) electrons. The lowest BCUT2D eigenvalue weighted by molar-refractivity contribution is -0.182. The number of amides is 1. The zero-order valence-corrected chi connectivity index (χ0v) is 12.5. The Labute approximate surface area is 125 Å². The molecule has 3 rings (SSSR count). The van der Waals surface area contributed by atoms with Gasteiger partial charge >= 0.3 is 5.97 Å². The molecule has 0 bridgehead atoms. The molecule has 1 amide bonds. The molecule has 118 valence electrons. The smallest absolute Gasteiger partial charge is 0.306 e. The van der Waals surface area contributed by atoms with E-state index in [0.717, 1.165) is 38.5 Å². The zero-order valence-electron chi connectivity index (χ0n) is 12.5. The molecule has 1 spiro atoms. The van der Waals surface area contributed by atoms with Crippen molar-refractivity contribution in [2.24, 2.45) is 11.8 Å². The summed E-state index contributed by atoms with van der Waals surface area (Å²) in [5.74, 6) is -0.605. The van der Waals surface area contributed by atoms with Crippen LogP contribution in [-0.4, -0.2) is 35.2 Å². The second-order valence-electron chi connectivity index (χ2n) is 7.01. The minimum atomic E-state index is -0.724. The highest BCUT2D eigenvalue weighted by atomic mass is 16.5. The second kappa shape index (κ2) is 5.95. The van der Waals surface area contributed by atoms with Crippen LogP contribution in [0.15, 0.2) is 0 Å². The first-order chi connectivity index (χ1) is 10.1. The molecular formula is C16H25NO4. The van der Waals surface area contributed by atoms with Gasteiger partial charge in [0.2, 0.25) is 5.91 Å². The molecule has 21 heavy (non-hydrogen) atoms. The highest BCUT2D eigenvalue weighted by Gasteiger charge is 2.51. The summed E-state index contributed by atoms with van der Waals surface area (Å²) in [6.07, 6.45) is 8.42. The molecule has 2 saturated carbocycles. The van der Waals surface area contributed by atoms with E-state index in [-0.39, 0.29) is 29.4 Å². The average molecular weight is 295 g/mol. The van der Waals surface area contributed by atoms with Crippen LogP contribution in [0.25, 0.3) is 0 Å². The van der Waals surface area contributed by atoms with Crippen LogP contribution in [0.3, 0.4) is 0 Å². The van der Waals surface area contributed by atoms with E-state index in [0.29, 0.717) is 19.4 Å². The SMILES string of the molecule is O=C(O)C1CC2(CC(NC(=O)C3CCCCC3)CCO2)C1. The Morgan fingerprint density at radius 3 is 2.38 bits per heavy atom. The van der Waals surface area contributed by atoms with E-state index >= 15 is 0 Å². The molecule has 1 heterocycles. The predicted molar refractivity (Wildman–Crippen MR) is 76.8 cm³/mol. The lowest BCUT2D eigenvalue weighted by atomic mass is 9.66. The van der Waals surface area contributed by atoms with E-state index in [4.69, 9.17) is 9.84 Å². The van der Waals surface area contributed by atoms with Gasteiger partial charge in [0.05, 0.1) is 11.5 Å². The molecule has 1 atom stereocenters. The van der Waals surface area contributed by atoms with Crippen molar-refractivity contribution in [1.29, 1.82) is 0 Å². The molecule has 3 aliphatic rings. The first-order valence-corrected chi connectivity index (χ1v) is 8.25. The maximum Gasteiger partial charge on any atom is 0.306 e. The highest BCUT2D eigenvalue weighted by molar-refractivity contribution is 5.79. The average Bonchev–Trinajstić information content (AvgIpc) is 2.45. The summed E-state index contributed by atoms with van der Waals surface area (Å²) < 4.78 is 5.82. The standard InChI is InChI=1S/C16H25NO4/c18-14(11-4-2-1-3-5-11)17-13-6-7-21-16(10-13)8-12(9-16)15(19)20/h11-13H,1-10H2,(H,17,18)(H,19,20). The number of carboxylic acid groups (broad SMARTS) is 1. The Bertz CT molecular complexity index is 411. The molecule has 3 fully saturated rings. The third-order valence-corrected chi connectivity index (χ3v) is 5.40. The van der Waals surface area contributed by atoms with Crippen LogP contribution in [0.1, 0.15) is 57.8 Å². The van der Waals surface area contributed by atoms with Crippen LogP contribution < -0.4 is 5.32 Å². The normalized spacial score (nSPS) is 37.0. The van der Waals surface area contributed by atoms with Gasteiger partial charge in [-0.05, 0) is 38.5 Å². The van der Waals surface area contributed by atoms with Crippen molar-refractivity contribution in [2.75, 3.05) is 6.61 Å². The van der Waals surface area contributed by atoms with Gasteiger partial charge in [0, 0.05) is 18.6 Å². The molecule has 2 N–H and O–H groups in total. The largest absolute Gasteiger partial charge is 0.481 e. The van der Waals surface area contributed by atoms with Crippen LogP contribution in [0, 0.1) is 11.8 Å². The third-order valence-electron chi connectivity index (χ3n) is 5.40. The van der Waals surface area contributed by atoms with Crippen molar-refractivity contribution in [1.82, 2.24) is 5.32 Å². The summed E-state index contributed by atoms with van der Waals surface area (Å²) in [4.78, 5) is 23.3. The summed E-state index contributed by atoms with van der Waals surface area (Å²) in [5, 5.41) is 12.2. The fraction of sp³-hybridized carbons (Fsp3) is 0.875. The molecule has 5 heteroatoms. The number of ether oxygens (including phenoxy) is 1. The summed E-state index contributed by atoms with van der Waals surface area (Å²) in [6.45, 7) is 0.627. The number of carbonyl (C=O) groups is 2. The first kappa shape index (κ1) is 14.8. The van der Waals surface area contributed by atoms with Crippen molar-refractivity contribution in [3.05, 3.63) is 0 Å². The summed E-state index contributed by atoms with van der Waals surface area (Å²) in [7, 11) is 0. The van der Waals surface area contributed by atoms with Gasteiger partial charge in [0.25, 0.3) is 0 Å². The number of carbonyl (C=O) groups excluding carboxylic acids is 1. The third kappa shape index (κ3) is 3.23. The van der Waals surface area contributed by atoms with Crippen LogP contribution in [-0.2, 0) is 14.3 Å². The first-order valence-electron chi connectivity index (χ1n) is 8.25. The van der Waals surface area contributed by atoms with Crippen LogP contribution >= 0.6 is 0 Å². The predicted octanol–water partition coefficient (Wildman–Crippen LogP) is 2.10. The number of hydrogen-bond acceptors (Lipinski definition) is 3. The molecule has 0 aromatic heterocycles. The van der Waals surface area contributed by atoms with Gasteiger partial charge in [0.1, 0.15) is 0 Å². The van der Waals surface area contributed by atoms with Gasteiger partial charge in [-0.1, -0.05) is 19.3 Å². The van der Waals surface area contributed by atoms with Gasteiger partial charge in [-0.25, -0.2) is 0 Å². The van der Waals surface area contributed by atoms with Crippen molar-refractivity contribution >= 4 is 11.9 Å². The van der Waals surface area contributed by atoms with Crippen LogP contribution in [0.5, 0.6) is 0 Å². The minimum absolute atomic E-state index is 0.155. The molecule has 1 saturated heterocycles. The summed E-state index contributed by atoms with van der Waals surface area (Å²) >= 11 is 0. The van der Waals surface area contributed by atoms with E-state index in [9.17, 15) is 9.59 Å². The second-order valence-corrected chi connectivity index (χ2v) is 7.01. The number of carboxylic acids is 1. The quantitative estimate of drug-likeness (QED) is 0.836. The van der Waals surface area contributed by atoms with Crippen molar-refractivity contribution in [3.8, 4) is 0 Å². The van der Waals surface area contributed by atoms with Crippen molar-refractivity contribution < 1.29 is 19.4 Å². The fourth-order valence-corrected chi connectivity index (χ4v) is 4.13. The fourth-order valence-electron chi connectivity index (χ4n) is 4.13. The summed E-state index contributed by atoms with van der Waals surface area (Å²) in [5.41, 5.74) is -0.286. The molecule has 1 aliphatic heterocycles. The molecule has 5 nitrogen and oxygen atoms in total. The number of hydrogen-bond donors (Lipinski definition) is 2. The molecule has 0 aromatic rings. The Morgan fingerprint density at radius 2 is 1.71 bits per heavy atom. The Balaban J connectivity index is 1.50. The van der Waals surface area contributed by atoms with Crippen molar-refractivity contribution in [2.45, 2.75) is 69.4 Å². The number of aliphatic carboxylic acids is 1. The topological polar surface area (TPSA) is 75.6 Å². The lowest BCUT2D eigenvalue weighted by Crippen LogP contribution is -2.57. The highest BCUT2D eigenvalue weighted by Crippen LogP contribution is 2.46. The van der Waals surface area contributed by atoms with E-state index in [1.54, 1.807) is 0 Å². The minimum Gasteiger partial charge on any atom is -0.481 e. The van der Waals surface area contributed by atoms with Gasteiger partial charge in [0.15, 0.2) is 0 Å². The maximum absolute atomic E-state index is 12.3.